The number of Topliss-reactive ketones (excluding diaryl/α,β-unsaturated/α-hetero) is 1. The van der Waals surface area contributed by atoms with Crippen molar-refractivity contribution in [3.05, 3.63) is 64.3 Å². The maximum Gasteiger partial charge on any atom is 0.416 e. The van der Waals surface area contributed by atoms with E-state index in [1.807, 2.05) is 59.8 Å². The van der Waals surface area contributed by atoms with Crippen LogP contribution in [0.25, 0.3) is 6.08 Å². The first-order valence-electron chi connectivity index (χ1n) is 8.57. The van der Waals surface area contributed by atoms with Gasteiger partial charge in [-0.25, -0.2) is 0 Å². The number of allylic oxidation sites excluding steroid dienone is 5. The first kappa shape index (κ1) is 20.2. The van der Waals surface area contributed by atoms with E-state index < -0.39 is 11.7 Å². The number of carbonyl (C=O) groups excluding carboxylic acids is 1. The summed E-state index contributed by atoms with van der Waals surface area (Å²) in [6.45, 7) is 11.9. The number of ketones is 1. The molecule has 0 unspecified atom stereocenters. The van der Waals surface area contributed by atoms with Gasteiger partial charge in [-0.05, 0) is 52.3 Å². The van der Waals surface area contributed by atoms with Crippen molar-refractivity contribution < 1.29 is 18.0 Å². The topological polar surface area (TPSA) is 17.1 Å². The lowest BCUT2D eigenvalue weighted by molar-refractivity contribution is -0.137. The highest BCUT2D eigenvalue weighted by molar-refractivity contribution is 6.12. The average molecular weight is 362 g/mol. The molecular weight excluding hydrogens is 337 g/mol. The molecule has 0 amide bonds. The summed E-state index contributed by atoms with van der Waals surface area (Å²) in [4.78, 5) is 12.9. The van der Waals surface area contributed by atoms with Crippen LogP contribution in [0.4, 0.5) is 13.2 Å². The van der Waals surface area contributed by atoms with Crippen LogP contribution in [-0.4, -0.2) is 5.78 Å². The molecule has 0 atom stereocenters. The highest BCUT2D eigenvalue weighted by Crippen LogP contribution is 2.39. The lowest BCUT2D eigenvalue weighted by atomic mass is 9.72. The molecule has 0 bridgehead atoms. The number of alkyl halides is 3. The summed E-state index contributed by atoms with van der Waals surface area (Å²) in [5.41, 5.74) is 1.60. The van der Waals surface area contributed by atoms with Crippen molar-refractivity contribution in [2.45, 2.75) is 47.7 Å². The zero-order valence-corrected chi connectivity index (χ0v) is 16.1. The maximum absolute atomic E-state index is 12.9. The van der Waals surface area contributed by atoms with E-state index >= 15 is 0 Å². The SMILES string of the molecule is CC(C)(C)C1=CC(=Cc2ccc(C(F)(F)F)cc2)C=C(C(C)(C)C)C1=O. The van der Waals surface area contributed by atoms with E-state index in [4.69, 9.17) is 0 Å². The fourth-order valence-electron chi connectivity index (χ4n) is 2.81. The fourth-order valence-corrected chi connectivity index (χ4v) is 2.81. The van der Waals surface area contributed by atoms with Gasteiger partial charge in [0.25, 0.3) is 0 Å². The second-order valence-corrected chi connectivity index (χ2v) is 8.71. The predicted octanol–water partition coefficient (Wildman–Crippen LogP) is 6.62. The number of rotatable bonds is 1. The number of hydrogen-bond donors (Lipinski definition) is 0. The van der Waals surface area contributed by atoms with E-state index in [9.17, 15) is 18.0 Å². The van der Waals surface area contributed by atoms with Crippen LogP contribution in [0.5, 0.6) is 0 Å². The molecule has 1 nitrogen and oxygen atoms in total. The van der Waals surface area contributed by atoms with Crippen molar-refractivity contribution in [3.63, 3.8) is 0 Å². The van der Waals surface area contributed by atoms with E-state index in [0.29, 0.717) is 16.7 Å². The molecule has 0 saturated heterocycles. The summed E-state index contributed by atoms with van der Waals surface area (Å²) < 4.78 is 38.1. The molecule has 1 aromatic carbocycles. The average Bonchev–Trinajstić information content (AvgIpc) is 2.46. The van der Waals surface area contributed by atoms with Crippen LogP contribution in [-0.2, 0) is 11.0 Å². The summed E-state index contributed by atoms with van der Waals surface area (Å²) in [5, 5.41) is 0. The first-order chi connectivity index (χ1) is 11.7. The number of benzene rings is 1. The van der Waals surface area contributed by atoms with Gasteiger partial charge in [0.05, 0.1) is 5.56 Å². The standard InChI is InChI=1S/C22H25F3O/c1-20(2,3)17-12-15(13-18(19(17)26)21(4,5)6)11-14-7-9-16(10-8-14)22(23,24)25/h7-13H,1-6H3. The lowest BCUT2D eigenvalue weighted by Crippen LogP contribution is -2.27. The molecule has 0 heterocycles. The molecule has 0 radical (unpaired) electrons. The van der Waals surface area contributed by atoms with Gasteiger partial charge in [0, 0.05) is 11.1 Å². The third-order valence-corrected chi connectivity index (χ3v) is 4.30. The molecule has 4 heteroatoms. The van der Waals surface area contributed by atoms with Crippen molar-refractivity contribution in [2.75, 3.05) is 0 Å². The quantitative estimate of drug-likeness (QED) is 0.549. The molecule has 1 aromatic rings. The molecule has 1 aliphatic rings. The highest BCUT2D eigenvalue weighted by Gasteiger charge is 2.34. The molecular formula is C22H25F3O. The maximum atomic E-state index is 12.9. The molecule has 26 heavy (non-hydrogen) atoms. The summed E-state index contributed by atoms with van der Waals surface area (Å²) in [7, 11) is 0. The summed E-state index contributed by atoms with van der Waals surface area (Å²) >= 11 is 0. The van der Waals surface area contributed by atoms with Gasteiger partial charge in [-0.15, -0.1) is 0 Å². The Bertz CT molecular complexity index is 754. The zero-order chi connectivity index (χ0) is 19.9. The Morgan fingerprint density at radius 3 is 1.54 bits per heavy atom. The monoisotopic (exact) mass is 362 g/mol. The second kappa shape index (κ2) is 6.57. The minimum atomic E-state index is -4.35. The van der Waals surface area contributed by atoms with E-state index in [1.54, 1.807) is 0 Å². The van der Waals surface area contributed by atoms with Crippen LogP contribution in [0, 0.1) is 10.8 Å². The fraction of sp³-hybridized carbons (Fsp3) is 0.409. The van der Waals surface area contributed by atoms with Crippen molar-refractivity contribution in [1.82, 2.24) is 0 Å². The Balaban J connectivity index is 2.51. The van der Waals surface area contributed by atoms with Gasteiger partial charge in [0.2, 0.25) is 0 Å². The van der Waals surface area contributed by atoms with Crippen molar-refractivity contribution in [1.29, 1.82) is 0 Å². The third kappa shape index (κ3) is 4.54. The molecule has 0 spiro atoms. The molecule has 0 aliphatic heterocycles. The van der Waals surface area contributed by atoms with Gasteiger partial charge >= 0.3 is 6.18 Å². The van der Waals surface area contributed by atoms with Crippen LogP contribution < -0.4 is 0 Å². The molecule has 140 valence electrons. The zero-order valence-electron chi connectivity index (χ0n) is 16.1. The highest BCUT2D eigenvalue weighted by atomic mass is 19.4. The van der Waals surface area contributed by atoms with Gasteiger partial charge in [-0.3, -0.25) is 4.79 Å². The Morgan fingerprint density at radius 2 is 1.19 bits per heavy atom. The van der Waals surface area contributed by atoms with Gasteiger partial charge in [0.15, 0.2) is 5.78 Å². The summed E-state index contributed by atoms with van der Waals surface area (Å²) in [6.07, 6.45) is 1.15. The number of halogens is 3. The van der Waals surface area contributed by atoms with Gasteiger partial charge in [0.1, 0.15) is 0 Å². The Morgan fingerprint density at radius 1 is 0.769 bits per heavy atom. The molecule has 0 N–H and O–H groups in total. The van der Waals surface area contributed by atoms with Gasteiger partial charge in [-0.2, -0.15) is 13.2 Å². The largest absolute Gasteiger partial charge is 0.416 e. The smallest absolute Gasteiger partial charge is 0.289 e. The van der Waals surface area contributed by atoms with Crippen LogP contribution >= 0.6 is 0 Å². The Hall–Kier alpha value is -2.10. The second-order valence-electron chi connectivity index (χ2n) is 8.71. The molecule has 0 fully saturated rings. The molecule has 0 saturated carbocycles. The number of carbonyl (C=O) groups is 1. The summed E-state index contributed by atoms with van der Waals surface area (Å²) in [6, 6.07) is 5.04. The minimum absolute atomic E-state index is 0.0366. The number of hydrogen-bond acceptors (Lipinski definition) is 1. The Labute approximate surface area is 153 Å². The van der Waals surface area contributed by atoms with Crippen molar-refractivity contribution in [2.24, 2.45) is 10.8 Å². The third-order valence-electron chi connectivity index (χ3n) is 4.30. The van der Waals surface area contributed by atoms with E-state index in [2.05, 4.69) is 0 Å². The van der Waals surface area contributed by atoms with Crippen molar-refractivity contribution in [3.8, 4) is 0 Å². The predicted molar refractivity (Wildman–Crippen MR) is 99.5 cm³/mol. The summed E-state index contributed by atoms with van der Waals surface area (Å²) in [5.74, 6) is 0.0366. The Kier molecular flexibility index (Phi) is 5.10. The normalized spacial score (nSPS) is 16.3. The lowest BCUT2D eigenvalue weighted by Gasteiger charge is -2.31. The van der Waals surface area contributed by atoms with E-state index in [-0.39, 0.29) is 16.6 Å². The molecule has 0 aromatic heterocycles. The van der Waals surface area contributed by atoms with Gasteiger partial charge < -0.3 is 0 Å². The van der Waals surface area contributed by atoms with E-state index in [0.717, 1.165) is 17.7 Å². The van der Waals surface area contributed by atoms with Crippen LogP contribution in [0.15, 0.2) is 53.1 Å². The first-order valence-corrected chi connectivity index (χ1v) is 8.57. The van der Waals surface area contributed by atoms with Crippen LogP contribution in [0.1, 0.15) is 52.7 Å². The van der Waals surface area contributed by atoms with Crippen LogP contribution in [0.2, 0.25) is 0 Å². The minimum Gasteiger partial charge on any atom is -0.289 e. The molecule has 1 aliphatic carbocycles. The van der Waals surface area contributed by atoms with E-state index in [1.165, 1.54) is 12.1 Å². The van der Waals surface area contributed by atoms with Gasteiger partial charge in [-0.1, -0.05) is 53.7 Å². The van der Waals surface area contributed by atoms with Crippen LogP contribution in [0.3, 0.4) is 0 Å². The molecule has 2 rings (SSSR count). The van der Waals surface area contributed by atoms with Crippen molar-refractivity contribution >= 4 is 11.9 Å².